The number of hydrogen-bond donors (Lipinski definition) is 1. The van der Waals surface area contributed by atoms with Crippen molar-refractivity contribution in [2.45, 2.75) is 45.6 Å². The molecule has 0 saturated heterocycles. The molecular formula is C21H24FNO3. The van der Waals surface area contributed by atoms with Gasteiger partial charge in [0.2, 0.25) is 5.91 Å². The first-order valence-corrected chi connectivity index (χ1v) is 8.59. The SMILES string of the molecule is CC[C@H](OC(=O)c1ccc(F)c(NC(C)=O)c1)C(C)(C)c1ccccc1. The minimum Gasteiger partial charge on any atom is -0.458 e. The van der Waals surface area contributed by atoms with Gasteiger partial charge < -0.3 is 10.1 Å². The molecule has 0 aliphatic carbocycles. The van der Waals surface area contributed by atoms with E-state index in [1.165, 1.54) is 19.1 Å². The number of ether oxygens (including phenoxy) is 1. The molecule has 0 radical (unpaired) electrons. The number of nitrogens with one attached hydrogen (secondary N) is 1. The normalized spacial score (nSPS) is 12.3. The zero-order valence-electron chi connectivity index (χ0n) is 15.5. The van der Waals surface area contributed by atoms with Crippen molar-refractivity contribution in [3.8, 4) is 0 Å². The third-order valence-electron chi connectivity index (χ3n) is 4.46. The van der Waals surface area contributed by atoms with Gasteiger partial charge in [-0.15, -0.1) is 0 Å². The van der Waals surface area contributed by atoms with Crippen molar-refractivity contribution < 1.29 is 18.7 Å². The van der Waals surface area contributed by atoms with Crippen molar-refractivity contribution >= 4 is 17.6 Å². The van der Waals surface area contributed by atoms with E-state index < -0.39 is 17.7 Å². The number of anilines is 1. The van der Waals surface area contributed by atoms with E-state index in [4.69, 9.17) is 4.74 Å². The summed E-state index contributed by atoms with van der Waals surface area (Å²) in [5.41, 5.74) is 0.837. The van der Waals surface area contributed by atoms with Crippen LogP contribution in [0.25, 0.3) is 0 Å². The second-order valence-corrected chi connectivity index (χ2v) is 6.77. The van der Waals surface area contributed by atoms with Gasteiger partial charge in [0.05, 0.1) is 11.3 Å². The fourth-order valence-corrected chi connectivity index (χ4v) is 2.93. The largest absolute Gasteiger partial charge is 0.458 e. The second kappa shape index (κ2) is 8.13. The Morgan fingerprint density at radius 2 is 1.81 bits per heavy atom. The molecule has 0 unspecified atom stereocenters. The molecule has 2 aromatic carbocycles. The molecule has 1 N–H and O–H groups in total. The van der Waals surface area contributed by atoms with E-state index in [1.54, 1.807) is 0 Å². The van der Waals surface area contributed by atoms with E-state index >= 15 is 0 Å². The molecule has 26 heavy (non-hydrogen) atoms. The van der Waals surface area contributed by atoms with Crippen molar-refractivity contribution in [1.29, 1.82) is 0 Å². The minimum atomic E-state index is -0.603. The standard InChI is InChI=1S/C21H24FNO3/c1-5-19(21(3,4)16-9-7-6-8-10-16)26-20(25)15-11-12-17(22)18(13-15)23-14(2)24/h6-13,19H,5H2,1-4H3,(H,23,24)/t19-/m0/s1. The molecule has 2 aromatic rings. The summed E-state index contributed by atoms with van der Waals surface area (Å²) in [6, 6.07) is 13.6. The first-order valence-electron chi connectivity index (χ1n) is 8.59. The third kappa shape index (κ3) is 4.48. The summed E-state index contributed by atoms with van der Waals surface area (Å²) in [6.45, 7) is 7.28. The van der Waals surface area contributed by atoms with E-state index in [1.807, 2.05) is 51.1 Å². The molecule has 1 amide bonds. The van der Waals surface area contributed by atoms with Crippen LogP contribution in [0.3, 0.4) is 0 Å². The number of benzene rings is 2. The summed E-state index contributed by atoms with van der Waals surface area (Å²) in [6.07, 6.45) is 0.277. The van der Waals surface area contributed by atoms with Gasteiger partial charge >= 0.3 is 5.97 Å². The lowest BCUT2D eigenvalue weighted by molar-refractivity contribution is -0.114. The number of rotatable bonds is 6. The average Bonchev–Trinajstić information content (AvgIpc) is 2.61. The number of carbonyl (C=O) groups is 2. The van der Waals surface area contributed by atoms with Crippen LogP contribution in [-0.4, -0.2) is 18.0 Å². The van der Waals surface area contributed by atoms with E-state index in [9.17, 15) is 14.0 Å². The fraction of sp³-hybridized carbons (Fsp3) is 0.333. The highest BCUT2D eigenvalue weighted by atomic mass is 19.1. The summed E-state index contributed by atoms with van der Waals surface area (Å²) in [7, 11) is 0. The fourth-order valence-electron chi connectivity index (χ4n) is 2.93. The maximum Gasteiger partial charge on any atom is 0.338 e. The predicted octanol–water partition coefficient (Wildman–Crippen LogP) is 4.70. The van der Waals surface area contributed by atoms with Gasteiger partial charge in [-0.05, 0) is 30.2 Å². The molecule has 5 heteroatoms. The molecule has 0 aliphatic rings. The Labute approximate surface area is 153 Å². The molecule has 138 valence electrons. The van der Waals surface area contributed by atoms with Crippen LogP contribution in [-0.2, 0) is 14.9 Å². The van der Waals surface area contributed by atoms with Crippen LogP contribution < -0.4 is 5.32 Å². The van der Waals surface area contributed by atoms with Gasteiger partial charge in [-0.2, -0.15) is 0 Å². The third-order valence-corrected chi connectivity index (χ3v) is 4.46. The summed E-state index contributed by atoms with van der Waals surface area (Å²) < 4.78 is 19.5. The number of halogens is 1. The summed E-state index contributed by atoms with van der Waals surface area (Å²) in [5, 5.41) is 2.37. The van der Waals surface area contributed by atoms with Crippen molar-refractivity contribution in [3.63, 3.8) is 0 Å². The topological polar surface area (TPSA) is 55.4 Å². The summed E-state index contributed by atoms with van der Waals surface area (Å²) >= 11 is 0. The monoisotopic (exact) mass is 357 g/mol. The van der Waals surface area contributed by atoms with Crippen LogP contribution in [0, 0.1) is 5.82 Å². The van der Waals surface area contributed by atoms with E-state index in [0.29, 0.717) is 6.42 Å². The molecule has 0 fully saturated rings. The van der Waals surface area contributed by atoms with Gasteiger partial charge in [-0.25, -0.2) is 9.18 Å². The highest BCUT2D eigenvalue weighted by Gasteiger charge is 2.33. The Bertz CT molecular complexity index is 787. The quantitative estimate of drug-likeness (QED) is 0.763. The van der Waals surface area contributed by atoms with Crippen LogP contribution in [0.1, 0.15) is 50.0 Å². The van der Waals surface area contributed by atoms with E-state index in [-0.39, 0.29) is 22.8 Å². The number of amides is 1. The number of esters is 1. The highest BCUT2D eigenvalue weighted by Crippen LogP contribution is 2.31. The van der Waals surface area contributed by atoms with Gasteiger partial charge in [0.1, 0.15) is 11.9 Å². The maximum absolute atomic E-state index is 13.8. The zero-order chi connectivity index (χ0) is 19.3. The Morgan fingerprint density at radius 1 is 1.15 bits per heavy atom. The predicted molar refractivity (Wildman–Crippen MR) is 99.7 cm³/mol. The molecule has 0 spiro atoms. The highest BCUT2D eigenvalue weighted by molar-refractivity contribution is 5.94. The van der Waals surface area contributed by atoms with Crippen LogP contribution in [0.5, 0.6) is 0 Å². The first-order chi connectivity index (χ1) is 12.3. The van der Waals surface area contributed by atoms with Gasteiger partial charge in [0.15, 0.2) is 0 Å². The summed E-state index contributed by atoms with van der Waals surface area (Å²) in [5.74, 6) is -1.56. The van der Waals surface area contributed by atoms with Gasteiger partial charge in [-0.1, -0.05) is 51.1 Å². The van der Waals surface area contributed by atoms with Gasteiger partial charge in [0.25, 0.3) is 0 Å². The Kier molecular flexibility index (Phi) is 6.14. The maximum atomic E-state index is 13.8. The number of carbonyl (C=O) groups excluding carboxylic acids is 2. The minimum absolute atomic E-state index is 0.0395. The first kappa shape index (κ1) is 19.6. The molecule has 4 nitrogen and oxygen atoms in total. The van der Waals surface area contributed by atoms with Crippen LogP contribution in [0.2, 0.25) is 0 Å². The lowest BCUT2D eigenvalue weighted by atomic mass is 9.78. The Balaban J connectivity index is 2.23. The lowest BCUT2D eigenvalue weighted by Gasteiger charge is -2.34. The van der Waals surface area contributed by atoms with Gasteiger partial charge in [0, 0.05) is 12.3 Å². The van der Waals surface area contributed by atoms with E-state index in [0.717, 1.165) is 11.6 Å². The molecule has 1 atom stereocenters. The summed E-state index contributed by atoms with van der Waals surface area (Å²) in [4.78, 5) is 23.7. The molecular weight excluding hydrogens is 333 g/mol. The molecule has 0 heterocycles. The smallest absolute Gasteiger partial charge is 0.338 e. The van der Waals surface area contributed by atoms with Crippen molar-refractivity contribution in [3.05, 3.63) is 65.5 Å². The second-order valence-electron chi connectivity index (χ2n) is 6.77. The zero-order valence-corrected chi connectivity index (χ0v) is 15.5. The average molecular weight is 357 g/mol. The van der Waals surface area contributed by atoms with E-state index in [2.05, 4.69) is 5.32 Å². The van der Waals surface area contributed by atoms with Crippen molar-refractivity contribution in [2.24, 2.45) is 0 Å². The Morgan fingerprint density at radius 3 is 2.38 bits per heavy atom. The lowest BCUT2D eigenvalue weighted by Crippen LogP contribution is -2.37. The molecule has 0 saturated carbocycles. The van der Waals surface area contributed by atoms with Crippen molar-refractivity contribution in [2.75, 3.05) is 5.32 Å². The van der Waals surface area contributed by atoms with Gasteiger partial charge in [-0.3, -0.25) is 4.79 Å². The number of hydrogen-bond acceptors (Lipinski definition) is 3. The van der Waals surface area contributed by atoms with Crippen LogP contribution in [0.15, 0.2) is 48.5 Å². The van der Waals surface area contributed by atoms with Crippen molar-refractivity contribution in [1.82, 2.24) is 0 Å². The molecule has 0 bridgehead atoms. The molecule has 2 rings (SSSR count). The Hall–Kier alpha value is -2.69. The van der Waals surface area contributed by atoms with Crippen LogP contribution >= 0.6 is 0 Å². The molecule has 0 aromatic heterocycles. The molecule has 0 aliphatic heterocycles. The van der Waals surface area contributed by atoms with Crippen LogP contribution in [0.4, 0.5) is 10.1 Å².